The van der Waals surface area contributed by atoms with Crippen LogP contribution in [-0.2, 0) is 4.79 Å². The molecule has 10 heteroatoms. The number of fused-ring (bicyclic) bond motifs is 3. The second kappa shape index (κ2) is 6.36. The molecule has 0 bridgehead atoms. The molecule has 4 atom stereocenters. The number of hydrogen-bond acceptors (Lipinski definition) is 7. The summed E-state index contributed by atoms with van der Waals surface area (Å²) in [4.78, 5) is 25.9. The Morgan fingerprint density at radius 2 is 2.07 bits per heavy atom. The zero-order chi connectivity index (χ0) is 19.6. The number of ether oxygens (including phenoxy) is 1. The summed E-state index contributed by atoms with van der Waals surface area (Å²) in [5, 5.41) is 32.2. The Bertz CT molecular complexity index is 843. The number of aliphatic hydroxyl groups excluding tert-OH is 1. The second-order valence-corrected chi connectivity index (χ2v) is 8.01. The van der Waals surface area contributed by atoms with Crippen LogP contribution in [0.25, 0.3) is 0 Å². The Morgan fingerprint density at radius 1 is 1.29 bits per heavy atom. The third kappa shape index (κ3) is 2.83. The molecular weight excluding hydrogens is 367 g/mol. The third-order valence-electron chi connectivity index (χ3n) is 6.07. The summed E-state index contributed by atoms with van der Waals surface area (Å²) >= 11 is 0. The monoisotopic (exact) mass is 388 g/mol. The Hall–Kier alpha value is -2.30. The molecule has 5 rings (SSSR count). The van der Waals surface area contributed by atoms with Crippen LogP contribution in [0.15, 0.2) is 12.1 Å². The Labute approximate surface area is 161 Å². The topological polar surface area (TPSA) is 129 Å². The lowest BCUT2D eigenvalue weighted by molar-refractivity contribution is -0.142. The van der Waals surface area contributed by atoms with E-state index in [1.807, 2.05) is 0 Å². The van der Waals surface area contributed by atoms with Gasteiger partial charge in [0.15, 0.2) is 0 Å². The van der Waals surface area contributed by atoms with E-state index >= 15 is 0 Å². The fourth-order valence-electron chi connectivity index (χ4n) is 4.39. The number of aromatic carboxylic acids is 1. The molecule has 0 aromatic heterocycles. The van der Waals surface area contributed by atoms with Crippen molar-refractivity contribution in [1.29, 1.82) is 0 Å². The molecule has 1 aliphatic carbocycles. The minimum absolute atomic E-state index is 0.0369. The SMILES string of the molecule is O=C(O)c1c(OC2CN(C(=O)[C@@H]3C[C@H](O)CN3)C2)ccc2c1OB(O)[C@@H]1C[C@H]21. The van der Waals surface area contributed by atoms with Crippen LogP contribution in [0, 0.1) is 0 Å². The molecule has 9 nitrogen and oxygen atoms in total. The lowest BCUT2D eigenvalue weighted by atomic mass is 9.77. The molecule has 3 fully saturated rings. The first-order chi connectivity index (χ1) is 13.4. The zero-order valence-corrected chi connectivity index (χ0v) is 15.1. The first-order valence-corrected chi connectivity index (χ1v) is 9.54. The van der Waals surface area contributed by atoms with Gasteiger partial charge in [0, 0.05) is 12.4 Å². The number of amides is 1. The van der Waals surface area contributed by atoms with Crippen molar-refractivity contribution in [2.24, 2.45) is 0 Å². The number of hydrogen-bond donors (Lipinski definition) is 4. The average Bonchev–Trinajstić information content (AvgIpc) is 3.31. The maximum atomic E-state index is 12.4. The number of carbonyl (C=O) groups is 2. The van der Waals surface area contributed by atoms with Gasteiger partial charge in [0.25, 0.3) is 0 Å². The van der Waals surface area contributed by atoms with Crippen molar-refractivity contribution in [3.05, 3.63) is 23.3 Å². The fraction of sp³-hybridized carbons (Fsp3) is 0.556. The molecule has 1 amide bonds. The van der Waals surface area contributed by atoms with Gasteiger partial charge in [0.2, 0.25) is 5.91 Å². The van der Waals surface area contributed by atoms with E-state index in [9.17, 15) is 24.8 Å². The highest BCUT2D eigenvalue weighted by Crippen LogP contribution is 2.60. The molecule has 1 aromatic carbocycles. The van der Waals surface area contributed by atoms with Gasteiger partial charge in [0.05, 0.1) is 25.2 Å². The molecule has 4 aliphatic rings. The van der Waals surface area contributed by atoms with Gasteiger partial charge < -0.3 is 34.8 Å². The van der Waals surface area contributed by atoms with Crippen LogP contribution < -0.4 is 14.7 Å². The van der Waals surface area contributed by atoms with Gasteiger partial charge in [-0.15, -0.1) is 0 Å². The minimum Gasteiger partial charge on any atom is -0.535 e. The van der Waals surface area contributed by atoms with Crippen LogP contribution in [0.5, 0.6) is 11.5 Å². The first kappa shape index (κ1) is 17.8. The van der Waals surface area contributed by atoms with E-state index in [1.165, 1.54) is 0 Å². The van der Waals surface area contributed by atoms with E-state index in [-0.39, 0.29) is 46.9 Å². The molecule has 3 aliphatic heterocycles. The molecular formula is C18H21BN2O7. The van der Waals surface area contributed by atoms with E-state index in [2.05, 4.69) is 5.32 Å². The van der Waals surface area contributed by atoms with Crippen LogP contribution in [0.2, 0.25) is 5.82 Å². The molecule has 0 unspecified atom stereocenters. The van der Waals surface area contributed by atoms with Gasteiger partial charge in [-0.05, 0) is 30.4 Å². The zero-order valence-electron chi connectivity index (χ0n) is 15.1. The van der Waals surface area contributed by atoms with Crippen molar-refractivity contribution in [2.75, 3.05) is 19.6 Å². The summed E-state index contributed by atoms with van der Waals surface area (Å²) in [6.07, 6.45) is 0.374. The first-order valence-electron chi connectivity index (χ1n) is 9.54. The van der Waals surface area contributed by atoms with E-state index < -0.39 is 19.2 Å². The summed E-state index contributed by atoms with van der Waals surface area (Å²) < 4.78 is 11.3. The largest absolute Gasteiger partial charge is 0.535 e. The number of nitrogens with zero attached hydrogens (tertiary/aromatic N) is 1. The smallest absolute Gasteiger partial charge is 0.526 e. The molecule has 1 saturated carbocycles. The number of carboxylic acid groups (broad SMARTS) is 1. The van der Waals surface area contributed by atoms with Crippen LogP contribution in [0.3, 0.4) is 0 Å². The van der Waals surface area contributed by atoms with Gasteiger partial charge in [-0.25, -0.2) is 4.79 Å². The van der Waals surface area contributed by atoms with Gasteiger partial charge in [-0.1, -0.05) is 6.07 Å². The van der Waals surface area contributed by atoms with E-state index in [0.29, 0.717) is 26.1 Å². The molecule has 2 saturated heterocycles. The lowest BCUT2D eigenvalue weighted by Crippen LogP contribution is -2.59. The number of β-amino-alcohol motifs (C(OH)–C–C–N with tert-alkyl or cyclic N) is 1. The number of carboxylic acids is 1. The summed E-state index contributed by atoms with van der Waals surface area (Å²) in [6, 6.07) is 3.06. The molecule has 1 aromatic rings. The predicted octanol–water partition coefficient (Wildman–Crippen LogP) is -0.572. The van der Waals surface area contributed by atoms with E-state index in [1.54, 1.807) is 17.0 Å². The van der Waals surface area contributed by atoms with Crippen molar-refractivity contribution < 1.29 is 34.2 Å². The van der Waals surface area contributed by atoms with Crippen molar-refractivity contribution in [3.8, 4) is 11.5 Å². The van der Waals surface area contributed by atoms with Gasteiger partial charge >= 0.3 is 13.1 Å². The molecule has 148 valence electrons. The van der Waals surface area contributed by atoms with Gasteiger partial charge in [-0.2, -0.15) is 0 Å². The summed E-state index contributed by atoms with van der Waals surface area (Å²) in [5.41, 5.74) is 0.726. The summed E-state index contributed by atoms with van der Waals surface area (Å²) in [5.74, 6) is -0.704. The maximum Gasteiger partial charge on any atom is 0.526 e. The van der Waals surface area contributed by atoms with Crippen molar-refractivity contribution in [1.82, 2.24) is 10.2 Å². The highest BCUT2D eigenvalue weighted by molar-refractivity contribution is 6.48. The van der Waals surface area contributed by atoms with Crippen LogP contribution in [0.4, 0.5) is 0 Å². The van der Waals surface area contributed by atoms with E-state index in [4.69, 9.17) is 9.39 Å². The fourth-order valence-corrected chi connectivity index (χ4v) is 4.39. The maximum absolute atomic E-state index is 12.4. The van der Waals surface area contributed by atoms with Gasteiger partial charge in [0.1, 0.15) is 23.2 Å². The molecule has 4 N–H and O–H groups in total. The lowest BCUT2D eigenvalue weighted by Gasteiger charge is -2.40. The highest BCUT2D eigenvalue weighted by Gasteiger charge is 2.54. The van der Waals surface area contributed by atoms with Crippen LogP contribution in [0.1, 0.15) is 34.7 Å². The number of benzene rings is 1. The van der Waals surface area contributed by atoms with Gasteiger partial charge in [-0.3, -0.25) is 4.79 Å². The number of aliphatic hydroxyl groups is 1. The minimum atomic E-state index is -1.17. The Kier molecular flexibility index (Phi) is 4.04. The summed E-state index contributed by atoms with van der Waals surface area (Å²) in [7, 11) is -0.989. The summed E-state index contributed by atoms with van der Waals surface area (Å²) in [6.45, 7) is 1.13. The van der Waals surface area contributed by atoms with Crippen molar-refractivity contribution in [3.63, 3.8) is 0 Å². The van der Waals surface area contributed by atoms with E-state index in [0.717, 1.165) is 12.0 Å². The number of likely N-dealkylation sites (tertiary alicyclic amines) is 1. The second-order valence-electron chi connectivity index (χ2n) is 8.01. The van der Waals surface area contributed by atoms with Crippen LogP contribution >= 0.6 is 0 Å². The van der Waals surface area contributed by atoms with Crippen molar-refractivity contribution >= 4 is 19.0 Å². The van der Waals surface area contributed by atoms with Crippen molar-refractivity contribution in [2.45, 2.75) is 42.8 Å². The molecule has 0 radical (unpaired) electrons. The number of rotatable bonds is 4. The average molecular weight is 388 g/mol. The third-order valence-corrected chi connectivity index (χ3v) is 6.07. The quantitative estimate of drug-likeness (QED) is 0.505. The molecule has 28 heavy (non-hydrogen) atoms. The standard InChI is InChI=1S/C18H21BN2O7/c22-8-3-13(20-5-8)17(23)21-6-9(7-21)27-14-2-1-10-11-4-12(11)19(26)28-16(10)15(14)18(24)25/h1-2,8-9,11-13,20,22,26H,3-7H2,(H,24,25)/t8-,11+,12+,13-/m0/s1. The number of carbonyl (C=O) groups excluding carboxylic acids is 1. The molecule has 3 heterocycles. The van der Waals surface area contributed by atoms with Crippen LogP contribution in [-0.4, -0.2) is 77.0 Å². The molecule has 0 spiro atoms. The normalized spacial score (nSPS) is 30.8. The predicted molar refractivity (Wildman–Crippen MR) is 96.5 cm³/mol. The Balaban J connectivity index is 1.28. The highest BCUT2D eigenvalue weighted by atomic mass is 16.5. The Morgan fingerprint density at radius 3 is 2.75 bits per heavy atom. The number of nitrogens with one attached hydrogen (secondary N) is 1.